The van der Waals surface area contributed by atoms with Gasteiger partial charge in [0.15, 0.2) is 0 Å². The van der Waals surface area contributed by atoms with Crippen LogP contribution in [-0.2, 0) is 0 Å². The molecule has 0 unspecified atom stereocenters. The van der Waals surface area contributed by atoms with Crippen LogP contribution in [0, 0.1) is 20.8 Å². The highest BCUT2D eigenvalue weighted by Crippen LogP contribution is 2.22. The van der Waals surface area contributed by atoms with Gasteiger partial charge in [-0.05, 0) is 57.2 Å². The minimum absolute atomic E-state index is 0.266. The summed E-state index contributed by atoms with van der Waals surface area (Å²) in [5.41, 5.74) is 4.06. The lowest BCUT2D eigenvalue weighted by molar-refractivity contribution is 0.102. The zero-order chi connectivity index (χ0) is 21.8. The zero-order valence-electron chi connectivity index (χ0n) is 17.4. The second-order valence-electron chi connectivity index (χ2n) is 7.13. The van der Waals surface area contributed by atoms with Crippen molar-refractivity contribution in [2.24, 2.45) is 0 Å². The highest BCUT2D eigenvalue weighted by atomic mass is 16.5. The minimum atomic E-state index is -0.266. The molecular formula is C23H22N6O2. The number of aryl methyl sites for hydroxylation is 3. The smallest absolute Gasteiger partial charge is 0.260 e. The Morgan fingerprint density at radius 3 is 1.90 bits per heavy atom. The molecule has 1 amide bonds. The van der Waals surface area contributed by atoms with Gasteiger partial charge in [0, 0.05) is 23.1 Å². The van der Waals surface area contributed by atoms with Crippen LogP contribution in [0.5, 0.6) is 0 Å². The van der Waals surface area contributed by atoms with Gasteiger partial charge in [-0.2, -0.15) is 0 Å². The monoisotopic (exact) mass is 414 g/mol. The van der Waals surface area contributed by atoms with Crippen molar-refractivity contribution in [3.8, 4) is 0 Å². The van der Waals surface area contributed by atoms with Crippen molar-refractivity contribution < 1.29 is 9.32 Å². The van der Waals surface area contributed by atoms with Crippen molar-refractivity contribution in [3.63, 3.8) is 0 Å². The Kier molecular flexibility index (Phi) is 5.61. The minimum Gasteiger partial charge on any atom is -0.361 e. The van der Waals surface area contributed by atoms with Crippen molar-refractivity contribution in [1.82, 2.24) is 15.1 Å². The van der Waals surface area contributed by atoms with Crippen LogP contribution in [-0.4, -0.2) is 21.0 Å². The maximum Gasteiger partial charge on any atom is 0.260 e. The van der Waals surface area contributed by atoms with Crippen molar-refractivity contribution in [2.45, 2.75) is 20.8 Å². The molecule has 4 rings (SSSR count). The topological polar surface area (TPSA) is 105 Å². The number of anilines is 5. The third-order valence-corrected chi connectivity index (χ3v) is 4.57. The summed E-state index contributed by atoms with van der Waals surface area (Å²) < 4.78 is 4.93. The standard InChI is InChI=1S/C23H22N6O2/c1-14-4-6-17(7-5-14)27-21-12-22(26-16(3)25-21)28-18-8-10-19(11-9-18)29-23(30)20-13-24-31-15(20)2/h4-13H,1-3H3,(H,29,30)(H2,25,26,27,28). The van der Waals surface area contributed by atoms with Crippen molar-refractivity contribution >= 4 is 34.6 Å². The number of hydrogen-bond donors (Lipinski definition) is 3. The van der Waals surface area contributed by atoms with Gasteiger partial charge in [-0.3, -0.25) is 4.79 Å². The lowest BCUT2D eigenvalue weighted by atomic mass is 10.2. The van der Waals surface area contributed by atoms with E-state index in [2.05, 4.69) is 31.1 Å². The number of amides is 1. The van der Waals surface area contributed by atoms with Crippen molar-refractivity contribution in [1.29, 1.82) is 0 Å². The number of benzene rings is 2. The van der Waals surface area contributed by atoms with Gasteiger partial charge in [0.1, 0.15) is 28.8 Å². The average Bonchev–Trinajstić information content (AvgIpc) is 3.17. The Morgan fingerprint density at radius 2 is 1.35 bits per heavy atom. The van der Waals surface area contributed by atoms with E-state index in [9.17, 15) is 4.79 Å². The van der Waals surface area contributed by atoms with E-state index in [-0.39, 0.29) is 5.91 Å². The molecule has 8 heteroatoms. The molecule has 2 aromatic heterocycles. The number of aromatic nitrogens is 3. The van der Waals surface area contributed by atoms with Crippen LogP contribution in [0.3, 0.4) is 0 Å². The fourth-order valence-electron chi connectivity index (χ4n) is 2.98. The Balaban J connectivity index is 1.44. The van der Waals surface area contributed by atoms with E-state index in [1.54, 1.807) is 6.92 Å². The molecule has 0 spiro atoms. The molecule has 0 aliphatic carbocycles. The summed E-state index contributed by atoms with van der Waals surface area (Å²) in [6.07, 6.45) is 1.40. The molecule has 0 radical (unpaired) electrons. The van der Waals surface area contributed by atoms with Crippen LogP contribution in [0.2, 0.25) is 0 Å². The van der Waals surface area contributed by atoms with E-state index in [1.807, 2.05) is 68.4 Å². The van der Waals surface area contributed by atoms with Crippen LogP contribution < -0.4 is 16.0 Å². The van der Waals surface area contributed by atoms with Gasteiger partial charge < -0.3 is 20.5 Å². The van der Waals surface area contributed by atoms with Crippen molar-refractivity contribution in [3.05, 3.63) is 83.5 Å². The molecule has 0 aliphatic rings. The summed E-state index contributed by atoms with van der Waals surface area (Å²) in [5, 5.41) is 13.0. The lowest BCUT2D eigenvalue weighted by Gasteiger charge is -2.11. The predicted octanol–water partition coefficient (Wildman–Crippen LogP) is 5.13. The second kappa shape index (κ2) is 8.66. The van der Waals surface area contributed by atoms with Crippen LogP contribution in [0.1, 0.15) is 27.5 Å². The number of rotatable bonds is 6. The molecule has 0 fully saturated rings. The maximum absolute atomic E-state index is 12.3. The SMILES string of the molecule is Cc1ccc(Nc2cc(Nc3ccc(NC(=O)c4cnoc4C)cc3)nc(C)n2)cc1. The summed E-state index contributed by atoms with van der Waals surface area (Å²) in [5.74, 6) is 2.22. The molecule has 8 nitrogen and oxygen atoms in total. The molecule has 2 aromatic carbocycles. The Morgan fingerprint density at radius 1 is 0.806 bits per heavy atom. The Labute approximate surface area is 179 Å². The molecule has 3 N–H and O–H groups in total. The molecule has 0 aliphatic heterocycles. The average molecular weight is 414 g/mol. The van der Waals surface area contributed by atoms with E-state index in [1.165, 1.54) is 11.8 Å². The zero-order valence-corrected chi connectivity index (χ0v) is 17.4. The van der Waals surface area contributed by atoms with Crippen molar-refractivity contribution in [2.75, 3.05) is 16.0 Å². The number of carbonyl (C=O) groups excluding carboxylic acids is 1. The van der Waals surface area contributed by atoms with Crippen LogP contribution in [0.25, 0.3) is 0 Å². The van der Waals surface area contributed by atoms with Gasteiger partial charge in [0.05, 0.1) is 6.20 Å². The fourth-order valence-corrected chi connectivity index (χ4v) is 2.98. The van der Waals surface area contributed by atoms with Crippen LogP contribution in [0.15, 0.2) is 65.3 Å². The molecular weight excluding hydrogens is 392 g/mol. The Hall–Kier alpha value is -4.20. The molecule has 156 valence electrons. The van der Waals surface area contributed by atoms with E-state index in [0.717, 1.165) is 11.4 Å². The number of carbonyl (C=O) groups is 1. The molecule has 0 saturated carbocycles. The van der Waals surface area contributed by atoms with E-state index >= 15 is 0 Å². The first-order valence-corrected chi connectivity index (χ1v) is 9.75. The number of nitrogens with one attached hydrogen (secondary N) is 3. The number of nitrogens with zero attached hydrogens (tertiary/aromatic N) is 3. The third kappa shape index (κ3) is 5.05. The van der Waals surface area contributed by atoms with Gasteiger partial charge >= 0.3 is 0 Å². The van der Waals surface area contributed by atoms with Gasteiger partial charge in [-0.1, -0.05) is 22.9 Å². The first kappa shape index (κ1) is 20.1. The second-order valence-corrected chi connectivity index (χ2v) is 7.13. The molecule has 0 saturated heterocycles. The first-order chi connectivity index (χ1) is 15.0. The summed E-state index contributed by atoms with van der Waals surface area (Å²) in [6, 6.07) is 17.3. The summed E-state index contributed by atoms with van der Waals surface area (Å²) in [4.78, 5) is 21.2. The fraction of sp³-hybridized carbons (Fsp3) is 0.130. The van der Waals surface area contributed by atoms with Gasteiger partial charge in [-0.25, -0.2) is 9.97 Å². The third-order valence-electron chi connectivity index (χ3n) is 4.57. The van der Waals surface area contributed by atoms with Gasteiger partial charge in [0.2, 0.25) is 0 Å². The molecule has 31 heavy (non-hydrogen) atoms. The van der Waals surface area contributed by atoms with E-state index in [0.29, 0.717) is 34.5 Å². The highest BCUT2D eigenvalue weighted by Gasteiger charge is 2.13. The largest absolute Gasteiger partial charge is 0.361 e. The summed E-state index contributed by atoms with van der Waals surface area (Å²) in [7, 11) is 0. The molecule has 4 aromatic rings. The normalized spacial score (nSPS) is 10.5. The summed E-state index contributed by atoms with van der Waals surface area (Å²) >= 11 is 0. The van der Waals surface area contributed by atoms with E-state index in [4.69, 9.17) is 4.52 Å². The Bertz CT molecular complexity index is 1200. The maximum atomic E-state index is 12.3. The predicted molar refractivity (Wildman–Crippen MR) is 120 cm³/mol. The van der Waals surface area contributed by atoms with Gasteiger partial charge in [0.25, 0.3) is 5.91 Å². The van der Waals surface area contributed by atoms with Crippen LogP contribution in [0.4, 0.5) is 28.7 Å². The molecule has 0 bridgehead atoms. The lowest BCUT2D eigenvalue weighted by Crippen LogP contribution is -2.12. The van der Waals surface area contributed by atoms with Gasteiger partial charge in [-0.15, -0.1) is 0 Å². The van der Waals surface area contributed by atoms with E-state index < -0.39 is 0 Å². The first-order valence-electron chi connectivity index (χ1n) is 9.75. The number of hydrogen-bond acceptors (Lipinski definition) is 7. The van der Waals surface area contributed by atoms with Crippen LogP contribution >= 0.6 is 0 Å². The molecule has 0 atom stereocenters. The highest BCUT2D eigenvalue weighted by molar-refractivity contribution is 6.04. The molecule has 2 heterocycles. The summed E-state index contributed by atoms with van der Waals surface area (Å²) in [6.45, 7) is 5.59. The quantitative estimate of drug-likeness (QED) is 0.402.